The highest BCUT2D eigenvalue weighted by Gasteiger charge is 2.35. The Morgan fingerprint density at radius 3 is 1.78 bits per heavy atom. The molecule has 0 aliphatic heterocycles. The minimum absolute atomic E-state index is 0.0893. The van der Waals surface area contributed by atoms with E-state index >= 15 is 0 Å². The fourth-order valence-corrected chi connectivity index (χ4v) is 6.50. The topological polar surface area (TPSA) is 9.23 Å². The van der Waals surface area contributed by atoms with E-state index in [1.165, 1.54) is 0 Å². The average Bonchev–Trinajstić information content (AvgIpc) is 2.93. The van der Waals surface area contributed by atoms with Crippen LogP contribution in [0.5, 0.6) is 5.75 Å². The number of halogens is 9. The quantitative estimate of drug-likeness (QED) is 0.220. The maximum atomic E-state index is 14.8. The lowest BCUT2D eigenvalue weighted by atomic mass is 9.67. The summed E-state index contributed by atoms with van der Waals surface area (Å²) in [7, 11) is 0. The van der Waals surface area contributed by atoms with Crippen LogP contribution in [0, 0.1) is 41.0 Å². The SMILES string of the molecule is C=C/C(F)=C(\F)c1cc(F)c(C2CCC(C3CCC(CCc4cc(F)c(OC(F)(F)F)c(F)c4)CC3)CC2)c(F)c1. The van der Waals surface area contributed by atoms with Gasteiger partial charge in [-0.1, -0.05) is 19.4 Å². The maximum Gasteiger partial charge on any atom is 0.573 e. The second kappa shape index (κ2) is 12.9. The molecule has 2 fully saturated rings. The zero-order valence-electron chi connectivity index (χ0n) is 22.3. The van der Waals surface area contributed by atoms with E-state index < -0.39 is 52.6 Å². The molecule has 0 spiro atoms. The molecule has 2 aromatic rings. The Bertz CT molecular complexity index is 1220. The third kappa shape index (κ3) is 7.68. The van der Waals surface area contributed by atoms with Crippen LogP contribution in [0.4, 0.5) is 39.5 Å². The summed E-state index contributed by atoms with van der Waals surface area (Å²) in [5.41, 5.74) is -0.324. The number of alkyl halides is 3. The summed E-state index contributed by atoms with van der Waals surface area (Å²) in [6, 6.07) is 3.38. The molecule has 1 nitrogen and oxygen atoms in total. The summed E-state index contributed by atoms with van der Waals surface area (Å²) in [6.07, 6.45) is 2.93. The molecule has 224 valence electrons. The van der Waals surface area contributed by atoms with E-state index in [1.54, 1.807) is 0 Å². The van der Waals surface area contributed by atoms with Gasteiger partial charge in [0.1, 0.15) is 11.6 Å². The van der Waals surface area contributed by atoms with Gasteiger partial charge in [-0.2, -0.15) is 0 Å². The Balaban J connectivity index is 1.26. The van der Waals surface area contributed by atoms with Gasteiger partial charge in [0.2, 0.25) is 5.75 Å². The fourth-order valence-electron chi connectivity index (χ4n) is 6.50. The molecule has 2 aromatic carbocycles. The van der Waals surface area contributed by atoms with Crippen molar-refractivity contribution < 1.29 is 44.3 Å². The van der Waals surface area contributed by atoms with Gasteiger partial charge < -0.3 is 4.74 Å². The van der Waals surface area contributed by atoms with E-state index in [1.807, 2.05) is 0 Å². The molecule has 2 aliphatic rings. The molecule has 2 saturated carbocycles. The molecule has 0 radical (unpaired) electrons. The number of allylic oxidation sites excluding steroid dienone is 2. The maximum absolute atomic E-state index is 14.8. The molecule has 0 amide bonds. The molecule has 10 heteroatoms. The van der Waals surface area contributed by atoms with Crippen molar-refractivity contribution in [3.63, 3.8) is 0 Å². The zero-order valence-corrected chi connectivity index (χ0v) is 22.3. The van der Waals surface area contributed by atoms with Crippen molar-refractivity contribution in [3.8, 4) is 5.75 Å². The van der Waals surface area contributed by atoms with Crippen molar-refractivity contribution in [2.45, 2.75) is 76.5 Å². The van der Waals surface area contributed by atoms with Crippen molar-refractivity contribution in [2.75, 3.05) is 0 Å². The summed E-state index contributed by atoms with van der Waals surface area (Å²) >= 11 is 0. The fraction of sp³-hybridized carbons (Fsp3) is 0.484. The van der Waals surface area contributed by atoms with Gasteiger partial charge in [0, 0.05) is 11.1 Å². The highest BCUT2D eigenvalue weighted by atomic mass is 19.4. The molecule has 0 bridgehead atoms. The summed E-state index contributed by atoms with van der Waals surface area (Å²) in [5.74, 6) is -7.83. The van der Waals surface area contributed by atoms with Gasteiger partial charge in [-0.05, 0) is 111 Å². The van der Waals surface area contributed by atoms with Gasteiger partial charge in [0.25, 0.3) is 0 Å². The monoisotopic (exact) mass is 590 g/mol. The first-order valence-electron chi connectivity index (χ1n) is 13.8. The van der Waals surface area contributed by atoms with E-state index in [0.29, 0.717) is 49.5 Å². The predicted octanol–water partition coefficient (Wildman–Crippen LogP) is 10.6. The molecule has 4 rings (SSSR count). The number of rotatable bonds is 8. The molecular weight excluding hydrogens is 559 g/mol. The summed E-state index contributed by atoms with van der Waals surface area (Å²) in [6.45, 7) is 3.11. The van der Waals surface area contributed by atoms with Crippen LogP contribution in [-0.2, 0) is 6.42 Å². The number of hydrogen-bond acceptors (Lipinski definition) is 1. The van der Waals surface area contributed by atoms with Gasteiger partial charge >= 0.3 is 6.36 Å². The first-order chi connectivity index (χ1) is 19.4. The molecule has 0 saturated heterocycles. The highest BCUT2D eigenvalue weighted by molar-refractivity contribution is 5.63. The molecule has 41 heavy (non-hydrogen) atoms. The summed E-state index contributed by atoms with van der Waals surface area (Å²) in [5, 5.41) is 0. The molecule has 2 aliphatic carbocycles. The van der Waals surface area contributed by atoms with Crippen molar-refractivity contribution in [2.24, 2.45) is 17.8 Å². The van der Waals surface area contributed by atoms with Crippen LogP contribution in [0.15, 0.2) is 42.7 Å². The van der Waals surface area contributed by atoms with E-state index in [0.717, 1.165) is 62.8 Å². The van der Waals surface area contributed by atoms with Crippen LogP contribution in [0.3, 0.4) is 0 Å². The van der Waals surface area contributed by atoms with E-state index in [-0.39, 0.29) is 17.0 Å². The van der Waals surface area contributed by atoms with Crippen LogP contribution < -0.4 is 4.74 Å². The van der Waals surface area contributed by atoms with Gasteiger partial charge in [-0.25, -0.2) is 26.3 Å². The Morgan fingerprint density at radius 1 is 0.780 bits per heavy atom. The minimum Gasteiger partial charge on any atom is -0.399 e. The molecule has 0 unspecified atom stereocenters. The van der Waals surface area contributed by atoms with Gasteiger partial charge in [0.15, 0.2) is 23.3 Å². The van der Waals surface area contributed by atoms with E-state index in [2.05, 4.69) is 11.3 Å². The van der Waals surface area contributed by atoms with Crippen LogP contribution in [0.25, 0.3) is 5.83 Å². The zero-order chi connectivity index (χ0) is 29.9. The molecule has 0 N–H and O–H groups in total. The van der Waals surface area contributed by atoms with Crippen LogP contribution in [0.1, 0.15) is 80.4 Å². The van der Waals surface area contributed by atoms with Crippen molar-refractivity contribution in [1.29, 1.82) is 0 Å². The average molecular weight is 591 g/mol. The third-order valence-electron chi connectivity index (χ3n) is 8.58. The van der Waals surface area contributed by atoms with Crippen LogP contribution >= 0.6 is 0 Å². The largest absolute Gasteiger partial charge is 0.573 e. The van der Waals surface area contributed by atoms with Gasteiger partial charge in [-0.15, -0.1) is 13.2 Å². The number of hydrogen-bond donors (Lipinski definition) is 0. The summed E-state index contributed by atoms with van der Waals surface area (Å²) < 4.78 is 125. The normalized spacial score (nSPS) is 24.1. The molecule has 0 atom stereocenters. The molecular formula is C31H31F9O. The first kappa shape index (κ1) is 31.0. The standard InChI is InChI=1S/C31H31F9O/c1-2-23(32)29(37)22-15-24(33)28(25(34)16-22)21-11-9-20(10-12-21)19-7-5-17(6-8-19)3-4-18-13-26(35)30(27(36)14-18)41-31(38,39)40/h2,13-17,19-21H,1,3-12H2/b29-23+. The molecule has 0 aromatic heterocycles. The van der Waals surface area contributed by atoms with Crippen molar-refractivity contribution in [3.05, 3.63) is 82.7 Å². The first-order valence-corrected chi connectivity index (χ1v) is 13.8. The number of aryl methyl sites for hydroxylation is 1. The van der Waals surface area contributed by atoms with Crippen LogP contribution in [0.2, 0.25) is 0 Å². The van der Waals surface area contributed by atoms with Gasteiger partial charge in [0.05, 0.1) is 0 Å². The Hall–Kier alpha value is -2.91. The number of ether oxygens (including phenoxy) is 1. The Labute approximate surface area is 233 Å². The lowest BCUT2D eigenvalue weighted by molar-refractivity contribution is -0.276. The van der Waals surface area contributed by atoms with Gasteiger partial charge in [-0.3, -0.25) is 0 Å². The van der Waals surface area contributed by atoms with E-state index in [9.17, 15) is 39.5 Å². The Morgan fingerprint density at radius 2 is 1.29 bits per heavy atom. The van der Waals surface area contributed by atoms with Crippen molar-refractivity contribution in [1.82, 2.24) is 0 Å². The second-order valence-corrected chi connectivity index (χ2v) is 11.1. The third-order valence-corrected chi connectivity index (χ3v) is 8.58. The highest BCUT2D eigenvalue weighted by Crippen LogP contribution is 2.45. The van der Waals surface area contributed by atoms with Crippen molar-refractivity contribution >= 4 is 5.83 Å². The minimum atomic E-state index is -5.19. The smallest absolute Gasteiger partial charge is 0.399 e. The van der Waals surface area contributed by atoms with Crippen LogP contribution in [-0.4, -0.2) is 6.36 Å². The summed E-state index contributed by atoms with van der Waals surface area (Å²) in [4.78, 5) is 0. The van der Waals surface area contributed by atoms with E-state index in [4.69, 9.17) is 0 Å². The predicted molar refractivity (Wildman–Crippen MR) is 137 cm³/mol. The lowest BCUT2D eigenvalue weighted by Crippen LogP contribution is -2.26. The lowest BCUT2D eigenvalue weighted by Gasteiger charge is -2.38. The molecule has 0 heterocycles. The second-order valence-electron chi connectivity index (χ2n) is 11.1. The number of benzene rings is 2. The Kier molecular flexibility index (Phi) is 9.80.